The monoisotopic (exact) mass is 932 g/mol. The molecule has 372 valence electrons. The second-order valence-electron chi connectivity index (χ2n) is 16.6. The fourth-order valence-electron chi connectivity index (χ4n) is 6.55. The molecule has 0 saturated heterocycles. The molecule has 0 aliphatic carbocycles. The Morgan fingerprint density at radius 3 is 1.35 bits per heavy atom. The van der Waals surface area contributed by atoms with Gasteiger partial charge in [0.15, 0.2) is 6.04 Å². The average Bonchev–Trinajstić information content (AvgIpc) is 3.28. The second-order valence-corrected chi connectivity index (χ2v) is 18.1. The van der Waals surface area contributed by atoms with Crippen molar-refractivity contribution < 1.29 is 47.8 Å². The number of phosphoric ester groups is 1. The molecule has 3 unspecified atom stereocenters. The van der Waals surface area contributed by atoms with Crippen LogP contribution in [-0.2, 0) is 32.7 Å². The molecule has 0 aromatic heterocycles. The SMILES string of the molecule is CC/C=C\C/C=C\C/C=C\C/C=C\C/C=C\C/C=C\CCCCCCC(=O)OCC(O)COP(=O)(O)OCC(NC(=O)CCCCCCCCC/C=C\CCCCCCCCC)C(=O)O. The summed E-state index contributed by atoms with van der Waals surface area (Å²) in [6, 6.07) is -1.56. The lowest BCUT2D eigenvalue weighted by Gasteiger charge is -2.18. The number of carboxylic acids is 1. The molecule has 0 radical (unpaired) electrons. The minimum absolute atomic E-state index is 0.135. The number of carbonyl (C=O) groups is 3. The summed E-state index contributed by atoms with van der Waals surface area (Å²) in [4.78, 5) is 46.1. The van der Waals surface area contributed by atoms with Crippen molar-refractivity contribution >= 4 is 25.7 Å². The smallest absolute Gasteiger partial charge is 0.472 e. The molecule has 11 nitrogen and oxygen atoms in total. The van der Waals surface area contributed by atoms with Crippen LogP contribution in [0.4, 0.5) is 0 Å². The summed E-state index contributed by atoms with van der Waals surface area (Å²) in [6.45, 7) is 2.46. The van der Waals surface area contributed by atoms with E-state index in [-0.39, 0.29) is 12.8 Å². The van der Waals surface area contributed by atoms with E-state index in [2.05, 4.69) is 104 Å². The van der Waals surface area contributed by atoms with Crippen molar-refractivity contribution in [1.29, 1.82) is 0 Å². The van der Waals surface area contributed by atoms with Crippen LogP contribution < -0.4 is 5.32 Å². The summed E-state index contributed by atoms with van der Waals surface area (Å²) >= 11 is 0. The normalized spacial score (nSPS) is 14.3. The molecule has 0 bridgehead atoms. The zero-order valence-electron chi connectivity index (χ0n) is 40.5. The number of unbranched alkanes of at least 4 members (excludes halogenated alkanes) is 18. The first-order chi connectivity index (χ1) is 31.6. The van der Waals surface area contributed by atoms with Gasteiger partial charge >= 0.3 is 19.8 Å². The molecular formula is C53H90NO10P. The fraction of sp³-hybridized carbons (Fsp3) is 0.679. The number of allylic oxidation sites excluding steroid dienone is 14. The van der Waals surface area contributed by atoms with Gasteiger partial charge in [-0.25, -0.2) is 9.36 Å². The van der Waals surface area contributed by atoms with Gasteiger partial charge in [0.05, 0.1) is 13.2 Å². The van der Waals surface area contributed by atoms with Gasteiger partial charge in [-0.1, -0.05) is 182 Å². The van der Waals surface area contributed by atoms with Crippen LogP contribution in [0.3, 0.4) is 0 Å². The third-order valence-electron chi connectivity index (χ3n) is 10.4. The molecule has 0 aliphatic rings. The predicted octanol–water partition coefficient (Wildman–Crippen LogP) is 13.8. The molecule has 0 aromatic carbocycles. The van der Waals surface area contributed by atoms with E-state index in [0.29, 0.717) is 12.8 Å². The summed E-state index contributed by atoms with van der Waals surface area (Å²) in [7, 11) is -4.77. The number of ether oxygens (including phenoxy) is 1. The van der Waals surface area contributed by atoms with Crippen molar-refractivity contribution in [2.75, 3.05) is 19.8 Å². The van der Waals surface area contributed by atoms with E-state index in [1.165, 1.54) is 64.2 Å². The van der Waals surface area contributed by atoms with Crippen molar-refractivity contribution in [2.45, 2.75) is 212 Å². The maximum Gasteiger partial charge on any atom is 0.472 e. The van der Waals surface area contributed by atoms with Gasteiger partial charge in [-0.05, 0) is 89.9 Å². The molecule has 65 heavy (non-hydrogen) atoms. The van der Waals surface area contributed by atoms with Crippen molar-refractivity contribution in [3.05, 3.63) is 85.1 Å². The number of hydrogen-bond donors (Lipinski definition) is 4. The van der Waals surface area contributed by atoms with Crippen molar-refractivity contribution in [3.63, 3.8) is 0 Å². The van der Waals surface area contributed by atoms with Crippen LogP contribution in [0, 0.1) is 0 Å². The second kappa shape index (κ2) is 47.2. The minimum atomic E-state index is -4.77. The number of hydrogen-bond acceptors (Lipinski definition) is 8. The number of esters is 1. The molecule has 0 fully saturated rings. The van der Waals surface area contributed by atoms with Gasteiger partial charge in [-0.2, -0.15) is 0 Å². The first-order valence-corrected chi connectivity index (χ1v) is 26.6. The van der Waals surface area contributed by atoms with Gasteiger partial charge in [-0.3, -0.25) is 18.6 Å². The van der Waals surface area contributed by atoms with Crippen molar-refractivity contribution in [3.8, 4) is 0 Å². The molecule has 0 saturated carbocycles. The van der Waals surface area contributed by atoms with Crippen molar-refractivity contribution in [2.24, 2.45) is 0 Å². The Hall–Kier alpha value is -3.34. The Morgan fingerprint density at radius 1 is 0.508 bits per heavy atom. The first-order valence-electron chi connectivity index (χ1n) is 25.1. The van der Waals surface area contributed by atoms with Crippen LogP contribution in [0.2, 0.25) is 0 Å². The molecule has 0 aromatic rings. The number of carbonyl (C=O) groups excluding carboxylic acids is 2. The third-order valence-corrected chi connectivity index (χ3v) is 11.4. The molecule has 12 heteroatoms. The number of aliphatic hydroxyl groups is 1. The lowest BCUT2D eigenvalue weighted by Crippen LogP contribution is -2.43. The van der Waals surface area contributed by atoms with Crippen molar-refractivity contribution in [1.82, 2.24) is 5.32 Å². The number of aliphatic hydroxyl groups excluding tert-OH is 1. The highest BCUT2D eigenvalue weighted by Crippen LogP contribution is 2.43. The maximum atomic E-state index is 12.4. The molecule has 0 heterocycles. The van der Waals surface area contributed by atoms with E-state index in [4.69, 9.17) is 13.8 Å². The molecule has 4 N–H and O–H groups in total. The van der Waals surface area contributed by atoms with Crippen LogP contribution in [0.15, 0.2) is 85.1 Å². The quantitative estimate of drug-likeness (QED) is 0.0199. The van der Waals surface area contributed by atoms with E-state index in [9.17, 15) is 34.1 Å². The maximum absolute atomic E-state index is 12.4. The number of amides is 1. The minimum Gasteiger partial charge on any atom is -0.480 e. The first kappa shape index (κ1) is 61.7. The third kappa shape index (κ3) is 47.0. The Balaban J connectivity index is 3.91. The van der Waals surface area contributed by atoms with Crippen LogP contribution in [0.5, 0.6) is 0 Å². The summed E-state index contributed by atoms with van der Waals surface area (Å²) in [5.74, 6) is -2.41. The van der Waals surface area contributed by atoms with Crippen LogP contribution in [0.1, 0.15) is 200 Å². The molecular weight excluding hydrogens is 842 g/mol. The summed E-state index contributed by atoms with van der Waals surface area (Å²) < 4.78 is 26.9. The Bertz CT molecular complexity index is 1420. The highest BCUT2D eigenvalue weighted by molar-refractivity contribution is 7.47. The van der Waals surface area contributed by atoms with Crippen LogP contribution >= 0.6 is 7.82 Å². The van der Waals surface area contributed by atoms with Gasteiger partial charge in [-0.15, -0.1) is 0 Å². The predicted molar refractivity (Wildman–Crippen MR) is 267 cm³/mol. The topological polar surface area (TPSA) is 169 Å². The lowest BCUT2D eigenvalue weighted by molar-refractivity contribution is -0.147. The summed E-state index contributed by atoms with van der Waals surface area (Å²) in [5.41, 5.74) is 0. The Kier molecular flexibility index (Phi) is 44.7. The standard InChI is InChI=1S/C53H90NO10P/c1-3-5-7-9-11-13-15-17-19-21-23-24-25-26-27-29-31-33-35-37-39-41-43-45-52(57)62-46-49(55)47-63-65(60,61)64-48-50(53(58)59)54-51(56)44-42-40-38-36-34-32-30-28-22-20-18-16-14-12-10-8-6-4-2/h5,7,11,13,17,19-20,22-24,26-27,31,33,49-50,55H,3-4,6,8-10,12,14-16,18,21,25,28-30,32,34-48H2,1-2H3,(H,54,56)(H,58,59)(H,60,61)/b7-5-,13-11-,19-17-,22-20-,24-23-,27-26-,33-31-. The van der Waals surface area contributed by atoms with E-state index in [1.54, 1.807) is 0 Å². The molecule has 1 amide bonds. The zero-order chi connectivity index (χ0) is 47.7. The number of carboxylic acid groups (broad SMARTS) is 1. The zero-order valence-corrected chi connectivity index (χ0v) is 41.4. The number of rotatable bonds is 46. The Labute approximate surface area is 394 Å². The van der Waals surface area contributed by atoms with E-state index < -0.39 is 57.6 Å². The van der Waals surface area contributed by atoms with Gasteiger partial charge in [0.2, 0.25) is 5.91 Å². The summed E-state index contributed by atoms with van der Waals surface area (Å²) in [5, 5.41) is 21.9. The number of aliphatic carboxylic acids is 1. The van der Waals surface area contributed by atoms with E-state index in [0.717, 1.165) is 96.3 Å². The van der Waals surface area contributed by atoms with Gasteiger partial charge in [0.25, 0.3) is 0 Å². The average molecular weight is 932 g/mol. The van der Waals surface area contributed by atoms with Gasteiger partial charge in [0, 0.05) is 12.8 Å². The van der Waals surface area contributed by atoms with Crippen LogP contribution in [-0.4, -0.2) is 64.9 Å². The molecule has 0 rings (SSSR count). The van der Waals surface area contributed by atoms with E-state index >= 15 is 0 Å². The largest absolute Gasteiger partial charge is 0.480 e. The molecule has 3 atom stereocenters. The Morgan fingerprint density at radius 2 is 0.892 bits per heavy atom. The van der Waals surface area contributed by atoms with Gasteiger partial charge < -0.3 is 25.2 Å². The summed E-state index contributed by atoms with van der Waals surface area (Å²) in [6.07, 6.45) is 58.8. The molecule has 0 aliphatic heterocycles. The highest BCUT2D eigenvalue weighted by Gasteiger charge is 2.28. The van der Waals surface area contributed by atoms with E-state index in [1.807, 2.05) is 0 Å². The fourth-order valence-corrected chi connectivity index (χ4v) is 7.32. The molecule has 0 spiro atoms. The lowest BCUT2D eigenvalue weighted by atomic mass is 10.1. The number of phosphoric acid groups is 1. The highest BCUT2D eigenvalue weighted by atomic mass is 31.2. The van der Waals surface area contributed by atoms with Crippen LogP contribution in [0.25, 0.3) is 0 Å². The van der Waals surface area contributed by atoms with Gasteiger partial charge in [0.1, 0.15) is 12.7 Å². The number of nitrogens with one attached hydrogen (secondary N) is 1.